The van der Waals surface area contributed by atoms with Crippen LogP contribution in [0.2, 0.25) is 13.1 Å². The highest BCUT2D eigenvalue weighted by molar-refractivity contribution is 14.1. The van der Waals surface area contributed by atoms with Gasteiger partial charge < -0.3 is 0 Å². The molecule has 39 valence electrons. The van der Waals surface area contributed by atoms with E-state index in [1.165, 1.54) is 12.7 Å². The van der Waals surface area contributed by atoms with E-state index in [0.29, 0.717) is 0 Å². The second kappa shape index (κ2) is 5.01. The molecule has 0 aromatic carbocycles. The summed E-state index contributed by atoms with van der Waals surface area (Å²) >= 11 is 2.41. The van der Waals surface area contributed by atoms with Crippen LogP contribution in [0.3, 0.4) is 0 Å². The van der Waals surface area contributed by atoms with Crippen LogP contribution in [0.1, 0.15) is 13.3 Å². The van der Waals surface area contributed by atoms with Crippen molar-refractivity contribution < 1.29 is 0 Å². The Balaban J connectivity index is 2.68. The van der Waals surface area contributed by atoms with Gasteiger partial charge in [-0.1, -0.05) is 26.5 Å². The van der Waals surface area contributed by atoms with E-state index in [-0.39, 0.29) is 0 Å². The standard InChI is InChI=1S/C4H10B2I/c1-3-4-5-6(2)7/h3-4H2,1-2H3. The quantitative estimate of drug-likeness (QED) is 0.490. The van der Waals surface area contributed by atoms with E-state index in [1.807, 2.05) is 0 Å². The number of halogens is 1. The maximum Gasteiger partial charge on any atom is 0.174 e. The smallest absolute Gasteiger partial charge is 0.161 e. The minimum absolute atomic E-state index is 0.748. The maximum atomic E-state index is 2.41. The van der Waals surface area contributed by atoms with Crippen LogP contribution in [0, 0.1) is 0 Å². The highest BCUT2D eigenvalue weighted by Crippen LogP contribution is 1.95. The van der Waals surface area contributed by atoms with Crippen molar-refractivity contribution in [2.24, 2.45) is 0 Å². The molecule has 0 aliphatic rings. The van der Waals surface area contributed by atoms with Crippen molar-refractivity contribution in [3.8, 4) is 0 Å². The van der Waals surface area contributed by atoms with Crippen molar-refractivity contribution in [3.63, 3.8) is 0 Å². The van der Waals surface area contributed by atoms with Gasteiger partial charge in [-0.15, -0.1) is 0 Å². The van der Waals surface area contributed by atoms with E-state index in [0.717, 1.165) is 4.46 Å². The van der Waals surface area contributed by atoms with Crippen LogP contribution in [0.25, 0.3) is 0 Å². The van der Waals surface area contributed by atoms with Crippen molar-refractivity contribution in [2.45, 2.75) is 26.5 Å². The van der Waals surface area contributed by atoms with Crippen LogP contribution in [-0.2, 0) is 0 Å². The summed E-state index contributed by atoms with van der Waals surface area (Å²) in [4.78, 5) is 0. The Bertz CT molecular complexity index is 38.7. The van der Waals surface area contributed by atoms with Crippen molar-refractivity contribution in [2.75, 3.05) is 0 Å². The first-order valence-electron chi connectivity index (χ1n) is 2.74. The molecule has 0 aliphatic carbocycles. The summed E-state index contributed by atoms with van der Waals surface area (Å²) in [7, 11) is 2.33. The zero-order valence-electron chi connectivity index (χ0n) is 4.95. The molecule has 0 aliphatic heterocycles. The lowest BCUT2D eigenvalue weighted by molar-refractivity contribution is 1.08. The van der Waals surface area contributed by atoms with Gasteiger partial charge >= 0.3 is 0 Å². The molecule has 0 atom stereocenters. The number of hydrogen-bond acceptors (Lipinski definition) is 0. The van der Waals surface area contributed by atoms with Gasteiger partial charge in [0.1, 0.15) is 0 Å². The molecule has 0 rings (SSSR count). The summed E-state index contributed by atoms with van der Waals surface area (Å²) in [6, 6.07) is 0. The monoisotopic (exact) mass is 207 g/mol. The van der Waals surface area contributed by atoms with Crippen LogP contribution < -0.4 is 0 Å². The summed E-state index contributed by atoms with van der Waals surface area (Å²) in [5, 5.41) is 0. The first-order valence-corrected chi connectivity index (χ1v) is 3.99. The molecule has 3 heteroatoms. The summed E-state index contributed by atoms with van der Waals surface area (Å²) in [5.41, 5.74) is 0. The minimum Gasteiger partial charge on any atom is -0.161 e. The molecule has 0 spiro atoms. The first kappa shape index (κ1) is 7.86. The van der Waals surface area contributed by atoms with Crippen molar-refractivity contribution in [1.82, 2.24) is 0 Å². The second-order valence-electron chi connectivity index (χ2n) is 1.70. The third kappa shape index (κ3) is 6.86. The van der Waals surface area contributed by atoms with Crippen LogP contribution in [0.5, 0.6) is 0 Å². The third-order valence-electron chi connectivity index (χ3n) is 0.780. The minimum atomic E-state index is 0.748. The Morgan fingerprint density at radius 2 is 2.29 bits per heavy atom. The molecule has 0 nitrogen and oxygen atoms in total. The summed E-state index contributed by atoms with van der Waals surface area (Å²) < 4.78 is 0.748. The normalized spacial score (nSPS) is 8.43. The van der Waals surface area contributed by atoms with Gasteiger partial charge in [-0.3, -0.25) is 0 Å². The molecule has 0 saturated heterocycles. The Kier molecular flexibility index (Phi) is 5.62. The summed E-state index contributed by atoms with van der Waals surface area (Å²) in [6.45, 7) is 4.41. The zero-order valence-corrected chi connectivity index (χ0v) is 7.10. The van der Waals surface area contributed by atoms with E-state index in [9.17, 15) is 0 Å². The van der Waals surface area contributed by atoms with E-state index >= 15 is 0 Å². The Labute approximate surface area is 60.6 Å². The van der Waals surface area contributed by atoms with Gasteiger partial charge in [-0.05, 0) is 0 Å². The molecule has 0 fully saturated rings. The molecule has 1 radical (unpaired) electrons. The van der Waals surface area contributed by atoms with Gasteiger partial charge in [0.15, 0.2) is 4.46 Å². The van der Waals surface area contributed by atoms with Crippen LogP contribution in [-0.4, -0.2) is 11.6 Å². The molecule has 0 saturated carbocycles. The Hall–Kier alpha value is 0.860. The largest absolute Gasteiger partial charge is 0.174 e. The molecule has 0 N–H and O–H groups in total. The Morgan fingerprint density at radius 1 is 1.71 bits per heavy atom. The molecular weight excluding hydrogens is 197 g/mol. The van der Waals surface area contributed by atoms with Crippen LogP contribution in [0.15, 0.2) is 0 Å². The highest BCUT2D eigenvalue weighted by Gasteiger charge is 1.98. The molecule has 0 aromatic heterocycles. The maximum absolute atomic E-state index is 2.41. The second-order valence-corrected chi connectivity index (χ2v) is 3.67. The van der Waals surface area contributed by atoms with Gasteiger partial charge in [-0.2, -0.15) is 22.4 Å². The third-order valence-corrected chi connectivity index (χ3v) is 1.29. The van der Waals surface area contributed by atoms with Crippen molar-refractivity contribution >= 4 is 34.0 Å². The zero-order chi connectivity index (χ0) is 5.70. The predicted octanol–water partition coefficient (Wildman–Crippen LogP) is 2.07. The summed E-state index contributed by atoms with van der Waals surface area (Å²) in [5.74, 6) is 0. The molecule has 0 bridgehead atoms. The average Bonchev–Trinajstić information content (AvgIpc) is 1.61. The van der Waals surface area contributed by atoms with E-state index in [2.05, 4.69) is 43.3 Å². The van der Waals surface area contributed by atoms with Gasteiger partial charge in [0, 0.05) is 0 Å². The van der Waals surface area contributed by atoms with Gasteiger partial charge in [0.25, 0.3) is 0 Å². The average molecular weight is 207 g/mol. The lowest BCUT2D eigenvalue weighted by Gasteiger charge is -1.91. The first-order chi connectivity index (χ1) is 3.27. The fourth-order valence-corrected chi connectivity index (χ4v) is 0.756. The van der Waals surface area contributed by atoms with Gasteiger partial charge in [0.2, 0.25) is 0 Å². The lowest BCUT2D eigenvalue weighted by Crippen LogP contribution is -2.07. The lowest BCUT2D eigenvalue weighted by atomic mass is 9.39. The van der Waals surface area contributed by atoms with Gasteiger partial charge in [-0.25, -0.2) is 0 Å². The molecule has 0 aromatic rings. The van der Waals surface area contributed by atoms with E-state index in [4.69, 9.17) is 0 Å². The van der Waals surface area contributed by atoms with Crippen molar-refractivity contribution in [1.29, 1.82) is 0 Å². The molecule has 0 heterocycles. The highest BCUT2D eigenvalue weighted by atomic mass is 127. The van der Waals surface area contributed by atoms with E-state index in [1.54, 1.807) is 0 Å². The molecule has 0 unspecified atom stereocenters. The topological polar surface area (TPSA) is 0 Å². The molecule has 0 amide bonds. The SMILES string of the molecule is CCC[B]B(C)I. The van der Waals surface area contributed by atoms with Crippen LogP contribution >= 0.6 is 22.4 Å². The fraction of sp³-hybridized carbons (Fsp3) is 1.00. The Morgan fingerprint density at radius 3 is 2.43 bits per heavy atom. The van der Waals surface area contributed by atoms with Gasteiger partial charge in [0.05, 0.1) is 7.17 Å². The van der Waals surface area contributed by atoms with E-state index < -0.39 is 0 Å². The number of hydrogen-bond donors (Lipinski definition) is 0. The molecule has 7 heavy (non-hydrogen) atoms. The van der Waals surface area contributed by atoms with Crippen molar-refractivity contribution in [3.05, 3.63) is 0 Å². The fourth-order valence-electron chi connectivity index (χ4n) is 0.396. The molecular formula is C4H10B2I. The number of rotatable bonds is 3. The van der Waals surface area contributed by atoms with Crippen LogP contribution in [0.4, 0.5) is 0 Å². The predicted molar refractivity (Wildman–Crippen MR) is 46.5 cm³/mol. The summed E-state index contributed by atoms with van der Waals surface area (Å²) in [6.07, 6.45) is 2.55.